The molecular formula is C27H20F3N5O6S. The number of pyridine rings is 1. The zero-order valence-corrected chi connectivity index (χ0v) is 22.7. The van der Waals surface area contributed by atoms with Crippen LogP contribution in [0.5, 0.6) is 17.2 Å². The van der Waals surface area contributed by atoms with Gasteiger partial charge in [0.05, 0.1) is 11.9 Å². The zero-order chi connectivity index (χ0) is 29.8. The first kappa shape index (κ1) is 27.1. The quantitative estimate of drug-likeness (QED) is 0.257. The molecule has 4 aromatic heterocycles. The maximum Gasteiger partial charge on any atom is 0.433 e. The molecule has 15 heteroatoms. The number of alkyl halides is 3. The topological polar surface area (TPSA) is 144 Å². The minimum absolute atomic E-state index is 0.0184. The molecule has 0 unspecified atom stereocenters. The van der Waals surface area contributed by atoms with Crippen molar-refractivity contribution in [1.29, 1.82) is 0 Å². The van der Waals surface area contributed by atoms with E-state index in [4.69, 9.17) is 24.4 Å². The molecule has 2 amide bonds. The summed E-state index contributed by atoms with van der Waals surface area (Å²) in [5, 5.41) is 6.84. The number of benzene rings is 1. The van der Waals surface area contributed by atoms with Gasteiger partial charge in [0.2, 0.25) is 6.79 Å². The van der Waals surface area contributed by atoms with Gasteiger partial charge < -0.3 is 29.7 Å². The normalized spacial score (nSPS) is 12.6. The molecule has 6 rings (SSSR count). The molecule has 11 nitrogen and oxygen atoms in total. The first-order valence-electron chi connectivity index (χ1n) is 12.3. The second kappa shape index (κ2) is 10.1. The standard InChI is InChI=1S/C27H20F3N5O6S/c1-12-16(9-32-35(12)2)15-8-20(27(28,29)30)33-26-21(15)22(23(42-26)24(31)36)34-25(37)18-6-4-14(41-18)10-38-13-3-5-17-19(7-13)40-11-39-17/h3-9H,10-11H2,1-2H3,(H2,31,36)(H,34,37). The Hall–Kier alpha value is -5.05. The summed E-state index contributed by atoms with van der Waals surface area (Å²) in [6, 6.07) is 8.84. The van der Waals surface area contributed by atoms with Crippen LogP contribution in [0.1, 0.15) is 37.4 Å². The molecule has 0 aliphatic carbocycles. The van der Waals surface area contributed by atoms with Gasteiger partial charge in [-0.2, -0.15) is 18.3 Å². The van der Waals surface area contributed by atoms with E-state index in [9.17, 15) is 22.8 Å². The van der Waals surface area contributed by atoms with E-state index in [2.05, 4.69) is 15.4 Å². The summed E-state index contributed by atoms with van der Waals surface area (Å²) in [5.41, 5.74) is 5.32. The van der Waals surface area contributed by atoms with Gasteiger partial charge in [-0.05, 0) is 42.8 Å². The molecule has 0 saturated carbocycles. The van der Waals surface area contributed by atoms with Crippen molar-refractivity contribution < 1.29 is 41.4 Å². The predicted molar refractivity (Wildman–Crippen MR) is 144 cm³/mol. The number of carbonyl (C=O) groups excluding carboxylic acids is 2. The van der Waals surface area contributed by atoms with Crippen molar-refractivity contribution in [1.82, 2.24) is 14.8 Å². The number of carbonyl (C=O) groups is 2. The van der Waals surface area contributed by atoms with Gasteiger partial charge in [-0.3, -0.25) is 14.3 Å². The van der Waals surface area contributed by atoms with Crippen LogP contribution in [0, 0.1) is 6.92 Å². The Bertz CT molecular complexity index is 1880. The molecule has 0 radical (unpaired) electrons. The molecule has 3 N–H and O–H groups in total. The van der Waals surface area contributed by atoms with Gasteiger partial charge in [0.1, 0.15) is 33.5 Å². The van der Waals surface area contributed by atoms with Crippen molar-refractivity contribution in [2.45, 2.75) is 19.7 Å². The molecule has 0 saturated heterocycles. The fourth-order valence-electron chi connectivity index (χ4n) is 4.39. The summed E-state index contributed by atoms with van der Waals surface area (Å²) in [7, 11) is 1.64. The van der Waals surface area contributed by atoms with Crippen LogP contribution in [0.4, 0.5) is 18.9 Å². The van der Waals surface area contributed by atoms with Gasteiger partial charge in [0, 0.05) is 29.8 Å². The summed E-state index contributed by atoms with van der Waals surface area (Å²) in [6.45, 7) is 1.78. The third-order valence-electron chi connectivity index (χ3n) is 6.55. The van der Waals surface area contributed by atoms with Crippen LogP contribution in [0.2, 0.25) is 0 Å². The minimum Gasteiger partial charge on any atom is -0.486 e. The number of furan rings is 1. The van der Waals surface area contributed by atoms with Crippen LogP contribution >= 0.6 is 11.3 Å². The van der Waals surface area contributed by atoms with Crippen LogP contribution in [0.25, 0.3) is 21.3 Å². The summed E-state index contributed by atoms with van der Waals surface area (Å²) in [6.07, 6.45) is -3.37. The zero-order valence-electron chi connectivity index (χ0n) is 21.9. The Kier molecular flexibility index (Phi) is 6.52. The molecule has 0 atom stereocenters. The third-order valence-corrected chi connectivity index (χ3v) is 7.65. The Morgan fingerprint density at radius 3 is 2.64 bits per heavy atom. The molecule has 0 spiro atoms. The van der Waals surface area contributed by atoms with Crippen molar-refractivity contribution in [3.05, 3.63) is 70.4 Å². The molecule has 216 valence electrons. The number of rotatable bonds is 7. The van der Waals surface area contributed by atoms with E-state index >= 15 is 0 Å². The highest BCUT2D eigenvalue weighted by Gasteiger charge is 2.35. The number of hydrogen-bond acceptors (Lipinski definition) is 9. The molecule has 1 aliphatic heterocycles. The largest absolute Gasteiger partial charge is 0.486 e. The van der Waals surface area contributed by atoms with Crippen LogP contribution in [-0.4, -0.2) is 33.4 Å². The van der Waals surface area contributed by atoms with E-state index in [-0.39, 0.29) is 45.5 Å². The van der Waals surface area contributed by atoms with Crippen molar-refractivity contribution in [3.63, 3.8) is 0 Å². The molecule has 42 heavy (non-hydrogen) atoms. The lowest BCUT2D eigenvalue weighted by molar-refractivity contribution is -0.140. The number of primary amides is 1. The van der Waals surface area contributed by atoms with Gasteiger partial charge in [0.15, 0.2) is 17.3 Å². The number of nitrogens with zero attached hydrogens (tertiary/aromatic N) is 3. The van der Waals surface area contributed by atoms with Crippen molar-refractivity contribution in [2.24, 2.45) is 12.8 Å². The number of ether oxygens (including phenoxy) is 3. The minimum atomic E-state index is -4.77. The smallest absolute Gasteiger partial charge is 0.433 e. The van der Waals surface area contributed by atoms with Gasteiger partial charge in [-0.1, -0.05) is 0 Å². The number of anilines is 1. The number of nitrogens with two attached hydrogens (primary N) is 1. The number of fused-ring (bicyclic) bond motifs is 2. The molecule has 5 heterocycles. The monoisotopic (exact) mass is 599 g/mol. The van der Waals surface area contributed by atoms with E-state index in [1.165, 1.54) is 23.0 Å². The number of halogens is 3. The van der Waals surface area contributed by atoms with Crippen molar-refractivity contribution >= 4 is 39.1 Å². The maximum atomic E-state index is 13.8. The first-order valence-corrected chi connectivity index (χ1v) is 13.1. The number of hydrogen-bond donors (Lipinski definition) is 2. The van der Waals surface area contributed by atoms with E-state index in [0.29, 0.717) is 45.6 Å². The Morgan fingerprint density at radius 2 is 1.93 bits per heavy atom. The lowest BCUT2D eigenvalue weighted by atomic mass is 10.0. The fraction of sp³-hybridized carbons (Fsp3) is 0.185. The molecule has 1 aromatic carbocycles. The number of nitrogens with one attached hydrogen (secondary N) is 1. The van der Waals surface area contributed by atoms with Crippen LogP contribution in [-0.2, 0) is 19.8 Å². The highest BCUT2D eigenvalue weighted by molar-refractivity contribution is 7.21. The van der Waals surface area contributed by atoms with Crippen LogP contribution < -0.4 is 25.3 Å². The lowest BCUT2D eigenvalue weighted by Crippen LogP contribution is -2.16. The van der Waals surface area contributed by atoms with Gasteiger partial charge in [-0.25, -0.2) is 4.98 Å². The Morgan fingerprint density at radius 1 is 1.14 bits per heavy atom. The third kappa shape index (κ3) is 4.87. The summed E-state index contributed by atoms with van der Waals surface area (Å²) >= 11 is 0.643. The SMILES string of the molecule is Cc1c(-c2cc(C(F)(F)F)nc3sc(C(N)=O)c(NC(=O)c4ccc(COc5ccc6c(c5)OCO6)o4)c23)cnn1C. The summed E-state index contributed by atoms with van der Waals surface area (Å²) in [5.74, 6) is 0.0919. The van der Waals surface area contributed by atoms with E-state index in [0.717, 1.165) is 6.07 Å². The lowest BCUT2D eigenvalue weighted by Gasteiger charge is -2.12. The Labute approximate surface area is 238 Å². The van der Waals surface area contributed by atoms with Crippen LogP contribution in [0.15, 0.2) is 47.0 Å². The van der Waals surface area contributed by atoms with Crippen LogP contribution in [0.3, 0.4) is 0 Å². The Balaban J connectivity index is 1.33. The molecular weight excluding hydrogens is 579 g/mol. The van der Waals surface area contributed by atoms with E-state index in [1.54, 1.807) is 32.2 Å². The highest BCUT2D eigenvalue weighted by atomic mass is 32.1. The number of aromatic nitrogens is 3. The van der Waals surface area contributed by atoms with Gasteiger partial charge in [0.25, 0.3) is 11.8 Å². The molecule has 0 bridgehead atoms. The average Bonchev–Trinajstić information content (AvgIpc) is 3.73. The number of amides is 2. The number of aryl methyl sites for hydroxylation is 1. The summed E-state index contributed by atoms with van der Waals surface area (Å²) < 4.78 is 64.8. The fourth-order valence-corrected chi connectivity index (χ4v) is 5.39. The van der Waals surface area contributed by atoms with Gasteiger partial charge >= 0.3 is 6.18 Å². The van der Waals surface area contributed by atoms with E-state index < -0.39 is 23.7 Å². The maximum absolute atomic E-state index is 13.8. The highest BCUT2D eigenvalue weighted by Crippen LogP contribution is 2.44. The number of thiophene rings is 1. The summed E-state index contributed by atoms with van der Waals surface area (Å²) in [4.78, 5) is 29.0. The van der Waals surface area contributed by atoms with Crippen molar-refractivity contribution in [3.8, 4) is 28.4 Å². The molecule has 0 fully saturated rings. The second-order valence-electron chi connectivity index (χ2n) is 9.19. The molecule has 1 aliphatic rings. The average molecular weight is 600 g/mol. The predicted octanol–water partition coefficient (Wildman–Crippen LogP) is 5.28. The molecule has 5 aromatic rings. The first-order chi connectivity index (χ1) is 20.0. The second-order valence-corrected chi connectivity index (χ2v) is 10.2. The van der Waals surface area contributed by atoms with Crippen molar-refractivity contribution in [2.75, 3.05) is 12.1 Å². The van der Waals surface area contributed by atoms with E-state index in [1.807, 2.05) is 0 Å². The van der Waals surface area contributed by atoms with Gasteiger partial charge in [-0.15, -0.1) is 11.3 Å².